The number of aromatic amines is 1. The third-order valence-electron chi connectivity index (χ3n) is 5.07. The Labute approximate surface area is 153 Å². The topological polar surface area (TPSA) is 61.0 Å². The molecule has 134 valence electrons. The first kappa shape index (κ1) is 16.8. The zero-order valence-corrected chi connectivity index (χ0v) is 14.9. The van der Waals surface area contributed by atoms with E-state index in [9.17, 15) is 4.79 Å². The quantitative estimate of drug-likeness (QED) is 0.719. The van der Waals surface area contributed by atoms with Crippen molar-refractivity contribution in [2.75, 3.05) is 19.6 Å². The molecule has 4 rings (SSSR count). The van der Waals surface area contributed by atoms with Gasteiger partial charge in [0.1, 0.15) is 0 Å². The summed E-state index contributed by atoms with van der Waals surface area (Å²) in [5.74, 6) is -0.00747. The van der Waals surface area contributed by atoms with Gasteiger partial charge < -0.3 is 10.3 Å². The van der Waals surface area contributed by atoms with Gasteiger partial charge in [-0.3, -0.25) is 14.7 Å². The van der Waals surface area contributed by atoms with E-state index in [-0.39, 0.29) is 5.91 Å². The summed E-state index contributed by atoms with van der Waals surface area (Å²) < 4.78 is 0. The van der Waals surface area contributed by atoms with E-state index in [1.54, 1.807) is 12.4 Å². The van der Waals surface area contributed by atoms with Gasteiger partial charge in [-0.1, -0.05) is 6.07 Å². The maximum atomic E-state index is 12.8. The number of H-pyrrole nitrogens is 1. The molecule has 0 bridgehead atoms. The van der Waals surface area contributed by atoms with Gasteiger partial charge in [0.25, 0.3) is 5.91 Å². The van der Waals surface area contributed by atoms with Crippen LogP contribution in [0, 0.1) is 0 Å². The molecule has 0 radical (unpaired) electrons. The molecule has 1 fully saturated rings. The number of carbonyl (C=O) groups excluding carboxylic acids is 1. The van der Waals surface area contributed by atoms with Gasteiger partial charge in [0.2, 0.25) is 0 Å². The molecular formula is C21H24N4O. The summed E-state index contributed by atoms with van der Waals surface area (Å²) in [5, 5.41) is 4.12. The highest BCUT2D eigenvalue weighted by Crippen LogP contribution is 2.25. The molecule has 0 atom stereocenters. The Hall–Kier alpha value is -2.66. The van der Waals surface area contributed by atoms with E-state index < -0.39 is 0 Å². The van der Waals surface area contributed by atoms with Crippen molar-refractivity contribution in [1.82, 2.24) is 20.2 Å². The van der Waals surface area contributed by atoms with E-state index in [0.29, 0.717) is 6.54 Å². The molecule has 1 aliphatic heterocycles. The normalized spacial score (nSPS) is 14.8. The fourth-order valence-electron chi connectivity index (χ4n) is 3.72. The van der Waals surface area contributed by atoms with Gasteiger partial charge in [-0.25, -0.2) is 0 Å². The Morgan fingerprint density at radius 2 is 1.96 bits per heavy atom. The van der Waals surface area contributed by atoms with E-state index in [2.05, 4.69) is 26.4 Å². The molecule has 0 saturated carbocycles. The van der Waals surface area contributed by atoms with Crippen molar-refractivity contribution >= 4 is 16.8 Å². The molecule has 2 N–H and O–H groups in total. The monoisotopic (exact) mass is 348 g/mol. The highest BCUT2D eigenvalue weighted by atomic mass is 16.1. The van der Waals surface area contributed by atoms with Crippen LogP contribution < -0.4 is 5.32 Å². The number of pyridine rings is 1. The second-order valence-electron chi connectivity index (χ2n) is 6.89. The van der Waals surface area contributed by atoms with Crippen molar-refractivity contribution < 1.29 is 4.79 Å². The maximum Gasteiger partial charge on any atom is 0.251 e. The van der Waals surface area contributed by atoms with Crippen LogP contribution in [-0.2, 0) is 13.0 Å². The zero-order valence-electron chi connectivity index (χ0n) is 14.9. The first-order valence-corrected chi connectivity index (χ1v) is 9.30. The fourth-order valence-corrected chi connectivity index (χ4v) is 3.72. The summed E-state index contributed by atoms with van der Waals surface area (Å²) in [6, 6.07) is 9.86. The molecule has 5 nitrogen and oxygen atoms in total. The van der Waals surface area contributed by atoms with E-state index >= 15 is 0 Å². The Kier molecular flexibility index (Phi) is 4.97. The van der Waals surface area contributed by atoms with Crippen molar-refractivity contribution in [2.45, 2.75) is 25.8 Å². The van der Waals surface area contributed by atoms with Crippen LogP contribution in [0.2, 0.25) is 0 Å². The van der Waals surface area contributed by atoms with Crippen molar-refractivity contribution in [3.8, 4) is 0 Å². The Balaban J connectivity index is 1.49. The van der Waals surface area contributed by atoms with Crippen LogP contribution in [0.15, 0.2) is 48.9 Å². The lowest BCUT2D eigenvalue weighted by atomic mass is 10.0. The molecule has 3 aromatic rings. The molecule has 0 spiro atoms. The number of aromatic nitrogens is 2. The molecule has 0 aliphatic carbocycles. The largest absolute Gasteiger partial charge is 0.361 e. The number of benzene rings is 1. The SMILES string of the molecule is O=C(NCCc1ccncc1)c1cccc2[nH]cc(CN3CCCC3)c12. The minimum atomic E-state index is -0.00747. The Morgan fingerprint density at radius 3 is 2.77 bits per heavy atom. The van der Waals surface area contributed by atoms with Crippen LogP contribution in [0.1, 0.15) is 34.3 Å². The molecule has 0 unspecified atom stereocenters. The number of likely N-dealkylation sites (tertiary alicyclic amines) is 1. The van der Waals surface area contributed by atoms with Crippen molar-refractivity contribution in [1.29, 1.82) is 0 Å². The molecule has 1 aromatic carbocycles. The number of nitrogens with zero attached hydrogens (tertiary/aromatic N) is 2. The smallest absolute Gasteiger partial charge is 0.251 e. The summed E-state index contributed by atoms with van der Waals surface area (Å²) in [7, 11) is 0. The van der Waals surface area contributed by atoms with Gasteiger partial charge in [0.05, 0.1) is 0 Å². The fraction of sp³-hybridized carbons (Fsp3) is 0.333. The van der Waals surface area contributed by atoms with Crippen molar-refractivity contribution in [3.63, 3.8) is 0 Å². The summed E-state index contributed by atoms with van der Waals surface area (Å²) in [4.78, 5) is 22.6. The van der Waals surface area contributed by atoms with Crippen LogP contribution in [-0.4, -0.2) is 40.4 Å². The highest BCUT2D eigenvalue weighted by Gasteiger charge is 2.18. The minimum absolute atomic E-state index is 0.00747. The minimum Gasteiger partial charge on any atom is -0.361 e. The van der Waals surface area contributed by atoms with Gasteiger partial charge in [0.15, 0.2) is 0 Å². The zero-order chi connectivity index (χ0) is 17.8. The van der Waals surface area contributed by atoms with Crippen LogP contribution in [0.25, 0.3) is 10.9 Å². The van der Waals surface area contributed by atoms with Gasteiger partial charge in [-0.15, -0.1) is 0 Å². The molecule has 1 aliphatic rings. The number of hydrogen-bond acceptors (Lipinski definition) is 3. The van der Waals surface area contributed by atoms with Crippen LogP contribution in [0.3, 0.4) is 0 Å². The second kappa shape index (κ2) is 7.70. The summed E-state index contributed by atoms with van der Waals surface area (Å²) in [5.41, 5.74) is 4.17. The lowest BCUT2D eigenvalue weighted by Crippen LogP contribution is -2.26. The average molecular weight is 348 g/mol. The van der Waals surface area contributed by atoms with Gasteiger partial charge in [-0.2, -0.15) is 0 Å². The number of amides is 1. The number of nitrogens with one attached hydrogen (secondary N) is 2. The average Bonchev–Trinajstić information content (AvgIpc) is 3.33. The first-order valence-electron chi connectivity index (χ1n) is 9.30. The lowest BCUT2D eigenvalue weighted by molar-refractivity contribution is 0.0955. The van der Waals surface area contributed by atoms with Gasteiger partial charge >= 0.3 is 0 Å². The van der Waals surface area contributed by atoms with Crippen LogP contribution in [0.5, 0.6) is 0 Å². The third kappa shape index (κ3) is 3.63. The molecule has 1 saturated heterocycles. The molecule has 2 aromatic heterocycles. The molecule has 26 heavy (non-hydrogen) atoms. The van der Waals surface area contributed by atoms with E-state index in [1.165, 1.54) is 24.0 Å². The first-order chi connectivity index (χ1) is 12.8. The van der Waals surface area contributed by atoms with Crippen LogP contribution in [0.4, 0.5) is 0 Å². The van der Waals surface area contributed by atoms with E-state index in [1.807, 2.05) is 30.3 Å². The van der Waals surface area contributed by atoms with Crippen molar-refractivity contribution in [3.05, 3.63) is 65.6 Å². The number of fused-ring (bicyclic) bond motifs is 1. The van der Waals surface area contributed by atoms with Gasteiger partial charge in [0, 0.05) is 48.1 Å². The Morgan fingerprint density at radius 1 is 1.15 bits per heavy atom. The summed E-state index contributed by atoms with van der Waals surface area (Å²) >= 11 is 0. The second-order valence-corrected chi connectivity index (χ2v) is 6.89. The lowest BCUT2D eigenvalue weighted by Gasteiger charge is -2.14. The summed E-state index contributed by atoms with van der Waals surface area (Å²) in [6.45, 7) is 3.81. The number of hydrogen-bond donors (Lipinski definition) is 2. The summed E-state index contributed by atoms with van der Waals surface area (Å²) in [6.07, 6.45) is 8.95. The van der Waals surface area contributed by atoms with Crippen molar-refractivity contribution in [2.24, 2.45) is 0 Å². The predicted molar refractivity (Wildman–Crippen MR) is 103 cm³/mol. The van der Waals surface area contributed by atoms with Crippen LogP contribution >= 0.6 is 0 Å². The van der Waals surface area contributed by atoms with E-state index in [0.717, 1.165) is 42.5 Å². The predicted octanol–water partition coefficient (Wildman–Crippen LogP) is 3.13. The van der Waals surface area contributed by atoms with E-state index in [4.69, 9.17) is 0 Å². The number of rotatable bonds is 6. The third-order valence-corrected chi connectivity index (χ3v) is 5.07. The maximum absolute atomic E-state index is 12.8. The standard InChI is InChI=1S/C21H24N4O/c26-21(23-11-8-16-6-9-22-10-7-16)18-4-3-5-19-20(18)17(14-24-19)15-25-12-1-2-13-25/h3-7,9-10,14,24H,1-2,8,11-13,15H2,(H,23,26). The molecule has 1 amide bonds. The number of carbonyl (C=O) groups is 1. The highest BCUT2D eigenvalue weighted by molar-refractivity contribution is 6.07. The Bertz CT molecular complexity index is 881. The molecule has 3 heterocycles. The molecular weight excluding hydrogens is 324 g/mol. The molecule has 5 heteroatoms. The van der Waals surface area contributed by atoms with Gasteiger partial charge in [-0.05, 0) is 67.7 Å².